The monoisotopic (exact) mass is 537 g/mol. The Morgan fingerprint density at radius 1 is 0.452 bits per heavy atom. The second kappa shape index (κ2) is 8.85. The molecule has 3 aromatic heterocycles. The van der Waals surface area contributed by atoms with Crippen molar-refractivity contribution in [3.05, 3.63) is 133 Å². The standard InChI is InChI=1S/C37H23N5/c1-3-13-23(14-4-1)35-39-36(24-15-5-2-6-16-24)41-37(40-35)42-30-22-12-10-20-28(30)32-26-18-8-7-17-25(26)31-27-19-9-11-21-29(27)38-33(31)34(32)42/h1-22,38H. The lowest BCUT2D eigenvalue weighted by atomic mass is 9.99. The van der Waals surface area contributed by atoms with Crippen LogP contribution in [0.3, 0.4) is 0 Å². The van der Waals surface area contributed by atoms with Crippen LogP contribution in [0.15, 0.2) is 133 Å². The highest BCUT2D eigenvalue weighted by Gasteiger charge is 2.23. The molecule has 1 N–H and O–H groups in total. The van der Waals surface area contributed by atoms with Gasteiger partial charge in [0.25, 0.3) is 0 Å². The summed E-state index contributed by atoms with van der Waals surface area (Å²) < 4.78 is 2.22. The predicted octanol–water partition coefficient (Wildman–Crippen LogP) is 9.09. The van der Waals surface area contributed by atoms with Crippen molar-refractivity contribution in [3.63, 3.8) is 0 Å². The zero-order chi connectivity index (χ0) is 27.6. The second-order valence-electron chi connectivity index (χ2n) is 10.6. The van der Waals surface area contributed by atoms with Gasteiger partial charge in [-0.25, -0.2) is 4.98 Å². The van der Waals surface area contributed by atoms with Crippen LogP contribution in [0.5, 0.6) is 0 Å². The van der Waals surface area contributed by atoms with E-state index in [9.17, 15) is 0 Å². The Balaban J connectivity index is 1.50. The molecule has 0 aliphatic heterocycles. The normalized spacial score (nSPS) is 11.8. The minimum Gasteiger partial charge on any atom is -0.353 e. The minimum atomic E-state index is 0.587. The Kier molecular flexibility index (Phi) is 4.83. The molecule has 0 radical (unpaired) electrons. The third-order valence-corrected chi connectivity index (χ3v) is 8.17. The van der Waals surface area contributed by atoms with Gasteiger partial charge in [0.1, 0.15) is 0 Å². The van der Waals surface area contributed by atoms with Crippen LogP contribution in [0, 0.1) is 0 Å². The molecule has 0 atom stereocenters. The lowest BCUT2D eigenvalue weighted by molar-refractivity contribution is 0.955. The molecule has 42 heavy (non-hydrogen) atoms. The van der Waals surface area contributed by atoms with Gasteiger partial charge in [0, 0.05) is 38.2 Å². The number of aromatic amines is 1. The molecule has 9 aromatic rings. The van der Waals surface area contributed by atoms with Crippen molar-refractivity contribution in [1.82, 2.24) is 24.5 Å². The van der Waals surface area contributed by atoms with E-state index < -0.39 is 0 Å². The molecule has 196 valence electrons. The highest BCUT2D eigenvalue weighted by atomic mass is 15.2. The van der Waals surface area contributed by atoms with Crippen LogP contribution in [0.2, 0.25) is 0 Å². The summed E-state index contributed by atoms with van der Waals surface area (Å²) >= 11 is 0. The third kappa shape index (κ3) is 3.28. The molecule has 0 aliphatic rings. The molecule has 0 bridgehead atoms. The molecule has 0 saturated heterocycles. The average molecular weight is 538 g/mol. The van der Waals surface area contributed by atoms with E-state index in [1.807, 2.05) is 60.7 Å². The molecule has 6 aromatic carbocycles. The fourth-order valence-electron chi connectivity index (χ4n) is 6.37. The first-order valence-electron chi connectivity index (χ1n) is 14.1. The molecule has 5 nitrogen and oxygen atoms in total. The largest absolute Gasteiger partial charge is 0.353 e. The van der Waals surface area contributed by atoms with Gasteiger partial charge in [0.15, 0.2) is 11.6 Å². The van der Waals surface area contributed by atoms with Gasteiger partial charge in [0.2, 0.25) is 5.95 Å². The fraction of sp³-hybridized carbons (Fsp3) is 0. The summed E-state index contributed by atoms with van der Waals surface area (Å²) in [5.41, 5.74) is 6.18. The first kappa shape index (κ1) is 22.9. The summed E-state index contributed by atoms with van der Waals surface area (Å²) in [7, 11) is 0. The summed E-state index contributed by atoms with van der Waals surface area (Å²) in [4.78, 5) is 19.0. The van der Waals surface area contributed by atoms with Gasteiger partial charge in [-0.15, -0.1) is 0 Å². The molecule has 9 rings (SSSR count). The average Bonchev–Trinajstić information content (AvgIpc) is 3.62. The van der Waals surface area contributed by atoms with Gasteiger partial charge < -0.3 is 4.98 Å². The van der Waals surface area contributed by atoms with E-state index in [1.54, 1.807) is 0 Å². The summed E-state index contributed by atoms with van der Waals surface area (Å²) in [6.45, 7) is 0. The van der Waals surface area contributed by atoms with Crippen molar-refractivity contribution in [2.24, 2.45) is 0 Å². The van der Waals surface area contributed by atoms with Gasteiger partial charge in [0.05, 0.1) is 16.6 Å². The van der Waals surface area contributed by atoms with Crippen molar-refractivity contribution in [2.45, 2.75) is 0 Å². The van der Waals surface area contributed by atoms with E-state index in [2.05, 4.69) is 82.3 Å². The number of nitrogens with one attached hydrogen (secondary N) is 1. The van der Waals surface area contributed by atoms with Crippen molar-refractivity contribution in [2.75, 3.05) is 0 Å². The summed E-state index contributed by atoms with van der Waals surface area (Å²) in [6, 6.07) is 46.0. The molecule has 0 saturated carbocycles. The van der Waals surface area contributed by atoms with Gasteiger partial charge in [-0.05, 0) is 22.9 Å². The van der Waals surface area contributed by atoms with Crippen LogP contribution in [0.4, 0.5) is 0 Å². The highest BCUT2D eigenvalue weighted by Crippen LogP contribution is 2.44. The SMILES string of the molecule is c1ccc(-c2nc(-c3ccccc3)nc(-n3c4ccccc4c4c5ccccc5c5c6ccccc6[nH]c5c43)n2)cc1. The van der Waals surface area contributed by atoms with Crippen LogP contribution in [-0.2, 0) is 0 Å². The Morgan fingerprint density at radius 3 is 1.64 bits per heavy atom. The molecule has 3 heterocycles. The molecule has 0 spiro atoms. The van der Waals surface area contributed by atoms with Crippen LogP contribution in [-0.4, -0.2) is 24.5 Å². The maximum absolute atomic E-state index is 5.14. The van der Waals surface area contributed by atoms with E-state index in [1.165, 1.54) is 26.9 Å². The smallest absolute Gasteiger partial charge is 0.238 e. The number of aromatic nitrogens is 5. The summed E-state index contributed by atoms with van der Waals surface area (Å²) in [6.07, 6.45) is 0. The number of hydrogen-bond acceptors (Lipinski definition) is 3. The summed E-state index contributed by atoms with van der Waals surface area (Å²) in [5.74, 6) is 1.86. The predicted molar refractivity (Wildman–Crippen MR) is 172 cm³/mol. The zero-order valence-corrected chi connectivity index (χ0v) is 22.5. The Morgan fingerprint density at radius 2 is 0.976 bits per heavy atom. The minimum absolute atomic E-state index is 0.587. The van der Waals surface area contributed by atoms with Crippen molar-refractivity contribution < 1.29 is 0 Å². The van der Waals surface area contributed by atoms with Gasteiger partial charge in [-0.2, -0.15) is 9.97 Å². The van der Waals surface area contributed by atoms with Crippen LogP contribution in [0.1, 0.15) is 0 Å². The zero-order valence-electron chi connectivity index (χ0n) is 22.5. The second-order valence-corrected chi connectivity index (χ2v) is 10.6. The number of para-hydroxylation sites is 2. The first-order valence-corrected chi connectivity index (χ1v) is 14.1. The molecular weight excluding hydrogens is 514 g/mol. The lowest BCUT2D eigenvalue weighted by Crippen LogP contribution is -2.06. The number of benzene rings is 6. The Labute approximate surface area is 240 Å². The van der Waals surface area contributed by atoms with Crippen molar-refractivity contribution in [3.8, 4) is 28.7 Å². The molecular formula is C37H23N5. The number of fused-ring (bicyclic) bond motifs is 10. The number of nitrogens with zero attached hydrogens (tertiary/aromatic N) is 4. The molecule has 0 fully saturated rings. The number of rotatable bonds is 3. The Bertz CT molecular complexity index is 2400. The number of hydrogen-bond donors (Lipinski definition) is 1. The van der Waals surface area contributed by atoms with Gasteiger partial charge >= 0.3 is 0 Å². The highest BCUT2D eigenvalue weighted by molar-refractivity contribution is 6.35. The molecule has 0 amide bonds. The van der Waals surface area contributed by atoms with Crippen molar-refractivity contribution >= 4 is 54.4 Å². The maximum Gasteiger partial charge on any atom is 0.238 e. The van der Waals surface area contributed by atoms with E-state index in [-0.39, 0.29) is 0 Å². The third-order valence-electron chi connectivity index (χ3n) is 8.17. The van der Waals surface area contributed by atoms with Gasteiger partial charge in [-0.1, -0.05) is 121 Å². The number of H-pyrrole nitrogens is 1. The van der Waals surface area contributed by atoms with E-state index >= 15 is 0 Å². The van der Waals surface area contributed by atoms with E-state index in [0.29, 0.717) is 17.6 Å². The van der Waals surface area contributed by atoms with Crippen molar-refractivity contribution in [1.29, 1.82) is 0 Å². The van der Waals surface area contributed by atoms with Crippen LogP contribution < -0.4 is 0 Å². The molecule has 0 unspecified atom stereocenters. The van der Waals surface area contributed by atoms with Crippen LogP contribution >= 0.6 is 0 Å². The van der Waals surface area contributed by atoms with E-state index in [0.717, 1.165) is 38.6 Å². The van der Waals surface area contributed by atoms with E-state index in [4.69, 9.17) is 15.0 Å². The molecule has 0 aliphatic carbocycles. The van der Waals surface area contributed by atoms with Gasteiger partial charge in [-0.3, -0.25) is 4.57 Å². The lowest BCUT2D eigenvalue weighted by Gasteiger charge is -2.12. The Hall–Kier alpha value is -5.81. The quantitative estimate of drug-likeness (QED) is 0.244. The van der Waals surface area contributed by atoms with Crippen LogP contribution in [0.25, 0.3) is 83.1 Å². The maximum atomic E-state index is 5.14. The topological polar surface area (TPSA) is 59.4 Å². The molecule has 5 heteroatoms. The summed E-state index contributed by atoms with van der Waals surface area (Å²) in [5, 5.41) is 7.19. The first-order chi connectivity index (χ1) is 20.8. The fourth-order valence-corrected chi connectivity index (χ4v) is 6.37.